The van der Waals surface area contributed by atoms with Crippen molar-refractivity contribution in [3.8, 4) is 33.8 Å². The summed E-state index contributed by atoms with van der Waals surface area (Å²) in [6, 6.07) is 23.5. The third-order valence-corrected chi connectivity index (χ3v) is 5.48. The number of para-hydroxylation sites is 1. The molecule has 0 unspecified atom stereocenters. The highest BCUT2D eigenvalue weighted by atomic mass is 16.5. The molecule has 0 aliphatic heterocycles. The number of hydrogen-bond donors (Lipinski definition) is 0. The molecule has 0 saturated carbocycles. The summed E-state index contributed by atoms with van der Waals surface area (Å²) in [6.45, 7) is 7.73. The van der Waals surface area contributed by atoms with Crippen LogP contribution >= 0.6 is 0 Å². The van der Waals surface area contributed by atoms with Gasteiger partial charge in [0.2, 0.25) is 0 Å². The number of aryl methyl sites for hydroxylation is 1. The first-order chi connectivity index (χ1) is 16.1. The Bertz CT molecular complexity index is 1350. The fourth-order valence-corrected chi connectivity index (χ4v) is 3.98. The standard InChI is InChI=1S/C30H27NO2/c1-4-10-22-16-17-27(23(18-22)11-5-2)29-21-31(3)20-28(30(29)32)24-12-9-15-26(19-24)33-25-13-7-6-8-14-25/h4-9,12-21H,1-2,10-11H2,3H3. The average Bonchev–Trinajstić information content (AvgIpc) is 2.82. The minimum Gasteiger partial charge on any atom is -0.457 e. The Morgan fingerprint density at radius 2 is 1.52 bits per heavy atom. The summed E-state index contributed by atoms with van der Waals surface area (Å²) >= 11 is 0. The number of nitrogens with zero attached hydrogens (tertiary/aromatic N) is 1. The molecule has 0 bridgehead atoms. The van der Waals surface area contributed by atoms with Gasteiger partial charge in [-0.1, -0.05) is 60.7 Å². The van der Waals surface area contributed by atoms with Crippen LogP contribution in [0.15, 0.2) is 115 Å². The summed E-state index contributed by atoms with van der Waals surface area (Å²) in [7, 11) is 1.94. The maximum absolute atomic E-state index is 13.7. The van der Waals surface area contributed by atoms with Crippen LogP contribution in [0.3, 0.4) is 0 Å². The molecule has 0 saturated heterocycles. The van der Waals surface area contributed by atoms with E-state index in [0.29, 0.717) is 23.3 Å². The number of benzene rings is 3. The van der Waals surface area contributed by atoms with Gasteiger partial charge in [0.25, 0.3) is 0 Å². The van der Waals surface area contributed by atoms with Gasteiger partial charge in [-0.05, 0) is 59.4 Å². The van der Waals surface area contributed by atoms with E-state index in [-0.39, 0.29) is 5.43 Å². The molecule has 1 aromatic heterocycles. The normalized spacial score (nSPS) is 10.6. The maximum atomic E-state index is 13.7. The predicted octanol–water partition coefficient (Wildman–Crippen LogP) is 6.97. The van der Waals surface area contributed by atoms with Crippen LogP contribution in [-0.4, -0.2) is 4.57 Å². The molecule has 0 amide bonds. The van der Waals surface area contributed by atoms with Gasteiger partial charge >= 0.3 is 0 Å². The predicted molar refractivity (Wildman–Crippen MR) is 137 cm³/mol. The van der Waals surface area contributed by atoms with E-state index in [1.165, 1.54) is 5.56 Å². The van der Waals surface area contributed by atoms with Gasteiger partial charge in [0.15, 0.2) is 5.43 Å². The van der Waals surface area contributed by atoms with E-state index < -0.39 is 0 Å². The lowest BCUT2D eigenvalue weighted by molar-refractivity contribution is 0.483. The Kier molecular flexibility index (Phi) is 6.70. The highest BCUT2D eigenvalue weighted by Crippen LogP contribution is 2.29. The third kappa shape index (κ3) is 5.04. The molecule has 3 nitrogen and oxygen atoms in total. The van der Waals surface area contributed by atoms with Crippen LogP contribution in [0.2, 0.25) is 0 Å². The number of hydrogen-bond acceptors (Lipinski definition) is 2. The maximum Gasteiger partial charge on any atom is 0.197 e. The molecule has 0 spiro atoms. The number of aromatic nitrogens is 1. The van der Waals surface area contributed by atoms with Crippen LogP contribution < -0.4 is 10.2 Å². The largest absolute Gasteiger partial charge is 0.457 e. The summed E-state index contributed by atoms with van der Waals surface area (Å²) < 4.78 is 7.92. The molecule has 0 aliphatic rings. The zero-order chi connectivity index (χ0) is 23.2. The van der Waals surface area contributed by atoms with E-state index in [9.17, 15) is 4.79 Å². The van der Waals surface area contributed by atoms with Gasteiger partial charge in [-0.15, -0.1) is 13.2 Å². The zero-order valence-electron chi connectivity index (χ0n) is 18.8. The summed E-state index contributed by atoms with van der Waals surface area (Å²) in [5, 5.41) is 0. The van der Waals surface area contributed by atoms with Crippen molar-refractivity contribution in [2.75, 3.05) is 0 Å². The first kappa shape index (κ1) is 22.1. The van der Waals surface area contributed by atoms with Crippen molar-refractivity contribution in [1.29, 1.82) is 0 Å². The monoisotopic (exact) mass is 433 g/mol. The highest BCUT2D eigenvalue weighted by molar-refractivity contribution is 5.74. The topological polar surface area (TPSA) is 31.2 Å². The first-order valence-electron chi connectivity index (χ1n) is 11.0. The number of pyridine rings is 1. The molecule has 1 heterocycles. The van der Waals surface area contributed by atoms with Gasteiger partial charge in [-0.2, -0.15) is 0 Å². The van der Waals surface area contributed by atoms with Crippen molar-refractivity contribution in [2.24, 2.45) is 7.05 Å². The quantitative estimate of drug-likeness (QED) is 0.281. The molecule has 3 heteroatoms. The summed E-state index contributed by atoms with van der Waals surface area (Å²) in [4.78, 5) is 13.7. The van der Waals surface area contributed by atoms with Crippen LogP contribution in [0.5, 0.6) is 11.5 Å². The number of rotatable bonds is 8. The van der Waals surface area contributed by atoms with Crippen LogP contribution in [0, 0.1) is 0 Å². The molecule has 0 aliphatic carbocycles. The Morgan fingerprint density at radius 3 is 2.27 bits per heavy atom. The summed E-state index contributed by atoms with van der Waals surface area (Å²) in [5.74, 6) is 1.44. The van der Waals surface area contributed by atoms with Gasteiger partial charge in [-0.3, -0.25) is 4.79 Å². The van der Waals surface area contributed by atoms with Crippen LogP contribution in [0.25, 0.3) is 22.3 Å². The molecule has 0 radical (unpaired) electrons. The van der Waals surface area contributed by atoms with Crippen molar-refractivity contribution in [1.82, 2.24) is 4.57 Å². The molecule has 33 heavy (non-hydrogen) atoms. The van der Waals surface area contributed by atoms with Crippen molar-refractivity contribution in [3.63, 3.8) is 0 Å². The Hall–Kier alpha value is -4.11. The lowest BCUT2D eigenvalue weighted by Crippen LogP contribution is -2.12. The second-order valence-electron chi connectivity index (χ2n) is 8.00. The third-order valence-electron chi connectivity index (χ3n) is 5.48. The van der Waals surface area contributed by atoms with Crippen molar-refractivity contribution < 1.29 is 4.74 Å². The highest BCUT2D eigenvalue weighted by Gasteiger charge is 2.14. The van der Waals surface area contributed by atoms with Crippen molar-refractivity contribution >= 4 is 0 Å². The van der Waals surface area contributed by atoms with Gasteiger partial charge in [0.05, 0.1) is 0 Å². The van der Waals surface area contributed by atoms with E-state index in [1.54, 1.807) is 0 Å². The fourth-order valence-electron chi connectivity index (χ4n) is 3.98. The molecule has 164 valence electrons. The van der Waals surface area contributed by atoms with Crippen LogP contribution in [0.4, 0.5) is 0 Å². The average molecular weight is 434 g/mol. The summed E-state index contributed by atoms with van der Waals surface area (Å²) in [5.41, 5.74) is 5.30. The van der Waals surface area contributed by atoms with Crippen molar-refractivity contribution in [2.45, 2.75) is 12.8 Å². The van der Waals surface area contributed by atoms with Gasteiger partial charge < -0.3 is 9.30 Å². The molecule has 0 atom stereocenters. The lowest BCUT2D eigenvalue weighted by Gasteiger charge is -2.14. The molecule has 4 aromatic rings. The fraction of sp³-hybridized carbons (Fsp3) is 0.100. The van der Waals surface area contributed by atoms with Crippen LogP contribution in [0.1, 0.15) is 11.1 Å². The molecule has 4 rings (SSSR count). The molecule has 3 aromatic carbocycles. The van der Waals surface area contributed by atoms with Gasteiger partial charge in [-0.25, -0.2) is 0 Å². The SMILES string of the molecule is C=CCc1ccc(-c2cn(C)cc(-c3cccc(Oc4ccccc4)c3)c2=O)c(CC=C)c1. The molecular formula is C30H27NO2. The molecule has 0 fully saturated rings. The minimum atomic E-state index is -0.00764. The van der Waals surface area contributed by atoms with Crippen LogP contribution in [-0.2, 0) is 19.9 Å². The Labute approximate surface area is 194 Å². The van der Waals surface area contributed by atoms with E-state index in [2.05, 4.69) is 25.3 Å². The smallest absolute Gasteiger partial charge is 0.197 e. The van der Waals surface area contributed by atoms with E-state index >= 15 is 0 Å². The van der Waals surface area contributed by atoms with Gasteiger partial charge in [0, 0.05) is 30.6 Å². The first-order valence-corrected chi connectivity index (χ1v) is 11.0. The van der Waals surface area contributed by atoms with E-state index in [4.69, 9.17) is 4.74 Å². The lowest BCUT2D eigenvalue weighted by atomic mass is 9.93. The van der Waals surface area contributed by atoms with E-state index in [1.807, 2.05) is 96.8 Å². The molecule has 0 N–H and O–H groups in total. The zero-order valence-corrected chi connectivity index (χ0v) is 18.8. The minimum absolute atomic E-state index is 0.00764. The van der Waals surface area contributed by atoms with Gasteiger partial charge in [0.1, 0.15) is 11.5 Å². The van der Waals surface area contributed by atoms with E-state index in [0.717, 1.165) is 28.9 Å². The van der Waals surface area contributed by atoms with Crippen molar-refractivity contribution in [3.05, 3.63) is 132 Å². The Morgan fingerprint density at radius 1 is 0.788 bits per heavy atom. The number of ether oxygens (including phenoxy) is 1. The molecular weight excluding hydrogens is 406 g/mol. The Balaban J connectivity index is 1.79. The second-order valence-corrected chi connectivity index (χ2v) is 8.00. The summed E-state index contributed by atoms with van der Waals surface area (Å²) in [6.07, 6.45) is 8.99. The number of allylic oxidation sites excluding steroid dienone is 2. The second kappa shape index (κ2) is 10.0.